The number of halogens is 1. The zero-order chi connectivity index (χ0) is 14.0. The van der Waals surface area contributed by atoms with Gasteiger partial charge in [0.2, 0.25) is 0 Å². The number of anilines is 1. The number of benzene rings is 1. The van der Waals surface area contributed by atoms with E-state index < -0.39 is 0 Å². The molecule has 0 amide bonds. The molecule has 19 heavy (non-hydrogen) atoms. The van der Waals surface area contributed by atoms with E-state index in [1.807, 2.05) is 19.1 Å². The Balaban J connectivity index is 2.34. The Morgan fingerprint density at radius 3 is 2.68 bits per heavy atom. The van der Waals surface area contributed by atoms with E-state index in [1.54, 1.807) is 6.07 Å². The molecule has 1 aliphatic rings. The average Bonchev–Trinajstić information content (AvgIpc) is 2.43. The molecule has 1 atom stereocenters. The molecule has 0 aliphatic carbocycles. The van der Waals surface area contributed by atoms with Crippen molar-refractivity contribution in [1.29, 1.82) is 0 Å². The molecule has 1 aromatic carbocycles. The highest BCUT2D eigenvalue weighted by Gasteiger charge is 2.35. The normalized spacial score (nSPS) is 22.6. The standard InChI is InChI=1S/C16H25FN2/c1-5-16(6-2)11-19(12(3)10-18-16)15-9-7-8-14(17)13(15)4/h7-9,12,18H,5-6,10-11H2,1-4H3. The molecule has 1 heterocycles. The Bertz CT molecular complexity index is 440. The Labute approximate surface area is 116 Å². The number of nitrogens with zero attached hydrogens (tertiary/aromatic N) is 1. The van der Waals surface area contributed by atoms with Crippen LogP contribution in [0, 0.1) is 12.7 Å². The van der Waals surface area contributed by atoms with Crippen LogP contribution in [0.3, 0.4) is 0 Å². The minimum atomic E-state index is -0.109. The van der Waals surface area contributed by atoms with Gasteiger partial charge < -0.3 is 10.2 Å². The molecule has 0 spiro atoms. The zero-order valence-electron chi connectivity index (χ0n) is 12.5. The van der Waals surface area contributed by atoms with E-state index >= 15 is 0 Å². The first-order chi connectivity index (χ1) is 9.03. The average molecular weight is 264 g/mol. The molecular weight excluding hydrogens is 239 g/mol. The van der Waals surface area contributed by atoms with E-state index in [0.717, 1.165) is 37.2 Å². The molecule has 1 saturated heterocycles. The first kappa shape index (κ1) is 14.3. The van der Waals surface area contributed by atoms with Gasteiger partial charge in [-0.15, -0.1) is 0 Å². The van der Waals surface area contributed by atoms with Crippen LogP contribution < -0.4 is 10.2 Å². The Morgan fingerprint density at radius 2 is 2.05 bits per heavy atom. The van der Waals surface area contributed by atoms with E-state index in [9.17, 15) is 4.39 Å². The van der Waals surface area contributed by atoms with Crippen molar-refractivity contribution in [3.63, 3.8) is 0 Å². The number of piperazine rings is 1. The van der Waals surface area contributed by atoms with E-state index in [1.165, 1.54) is 0 Å². The summed E-state index contributed by atoms with van der Waals surface area (Å²) in [4.78, 5) is 2.36. The number of nitrogens with one attached hydrogen (secondary N) is 1. The molecule has 2 nitrogen and oxygen atoms in total. The SMILES string of the molecule is CCC1(CC)CN(c2cccc(F)c2C)C(C)CN1. The summed E-state index contributed by atoms with van der Waals surface area (Å²) in [5.41, 5.74) is 1.96. The van der Waals surface area contributed by atoms with Crippen LogP contribution in [0.15, 0.2) is 18.2 Å². The van der Waals surface area contributed by atoms with Gasteiger partial charge >= 0.3 is 0 Å². The molecule has 0 saturated carbocycles. The fourth-order valence-electron chi connectivity index (χ4n) is 2.97. The van der Waals surface area contributed by atoms with Gasteiger partial charge in [-0.1, -0.05) is 19.9 Å². The third-order valence-corrected chi connectivity index (χ3v) is 4.68. The van der Waals surface area contributed by atoms with E-state index in [2.05, 4.69) is 31.0 Å². The van der Waals surface area contributed by atoms with Crippen molar-refractivity contribution in [2.45, 2.75) is 52.1 Å². The second-order valence-corrected chi connectivity index (χ2v) is 5.73. The third kappa shape index (κ3) is 2.62. The fourth-order valence-corrected chi connectivity index (χ4v) is 2.97. The van der Waals surface area contributed by atoms with Gasteiger partial charge in [-0.2, -0.15) is 0 Å². The van der Waals surface area contributed by atoms with E-state index in [4.69, 9.17) is 0 Å². The van der Waals surface area contributed by atoms with Crippen LogP contribution >= 0.6 is 0 Å². The Morgan fingerprint density at radius 1 is 1.37 bits per heavy atom. The smallest absolute Gasteiger partial charge is 0.128 e. The van der Waals surface area contributed by atoms with Crippen molar-refractivity contribution >= 4 is 5.69 Å². The maximum Gasteiger partial charge on any atom is 0.128 e. The molecule has 106 valence electrons. The first-order valence-electron chi connectivity index (χ1n) is 7.30. The summed E-state index contributed by atoms with van der Waals surface area (Å²) in [6, 6.07) is 5.78. The van der Waals surface area contributed by atoms with Crippen LogP contribution in [0.1, 0.15) is 39.2 Å². The van der Waals surface area contributed by atoms with Gasteiger partial charge in [0.05, 0.1) is 0 Å². The molecule has 1 N–H and O–H groups in total. The molecule has 2 rings (SSSR count). The zero-order valence-corrected chi connectivity index (χ0v) is 12.5. The summed E-state index contributed by atoms with van der Waals surface area (Å²) in [6.07, 6.45) is 2.20. The quantitative estimate of drug-likeness (QED) is 0.899. The highest BCUT2D eigenvalue weighted by molar-refractivity contribution is 5.55. The molecule has 0 radical (unpaired) electrons. The van der Waals surface area contributed by atoms with Crippen LogP contribution in [0.2, 0.25) is 0 Å². The molecule has 3 heteroatoms. The van der Waals surface area contributed by atoms with Crippen molar-refractivity contribution in [2.24, 2.45) is 0 Å². The summed E-state index contributed by atoms with van der Waals surface area (Å²) < 4.78 is 13.8. The maximum absolute atomic E-state index is 13.8. The minimum absolute atomic E-state index is 0.109. The van der Waals surface area contributed by atoms with Gasteiger partial charge in [-0.25, -0.2) is 4.39 Å². The van der Waals surface area contributed by atoms with Crippen LogP contribution in [0.4, 0.5) is 10.1 Å². The van der Waals surface area contributed by atoms with Gasteiger partial charge in [0.15, 0.2) is 0 Å². The lowest BCUT2D eigenvalue weighted by atomic mass is 9.88. The largest absolute Gasteiger partial charge is 0.365 e. The van der Waals surface area contributed by atoms with Gasteiger partial charge in [0, 0.05) is 35.9 Å². The van der Waals surface area contributed by atoms with E-state index in [0.29, 0.717) is 6.04 Å². The van der Waals surface area contributed by atoms with Crippen molar-refractivity contribution in [1.82, 2.24) is 5.32 Å². The molecule has 1 unspecified atom stereocenters. The molecule has 1 aliphatic heterocycles. The monoisotopic (exact) mass is 264 g/mol. The molecular formula is C16H25FN2. The van der Waals surface area contributed by atoms with Crippen molar-refractivity contribution in [3.05, 3.63) is 29.6 Å². The van der Waals surface area contributed by atoms with Crippen LogP contribution in [-0.4, -0.2) is 24.7 Å². The van der Waals surface area contributed by atoms with Crippen molar-refractivity contribution in [3.8, 4) is 0 Å². The molecule has 0 aromatic heterocycles. The van der Waals surface area contributed by atoms with Gasteiger partial charge in [0.1, 0.15) is 5.82 Å². The Kier molecular flexibility index (Phi) is 4.14. The minimum Gasteiger partial charge on any atom is -0.365 e. The number of hydrogen-bond donors (Lipinski definition) is 1. The van der Waals surface area contributed by atoms with Crippen LogP contribution in [-0.2, 0) is 0 Å². The summed E-state index contributed by atoms with van der Waals surface area (Å²) in [7, 11) is 0. The van der Waals surface area contributed by atoms with Gasteiger partial charge in [-0.05, 0) is 38.8 Å². The highest BCUT2D eigenvalue weighted by atomic mass is 19.1. The van der Waals surface area contributed by atoms with Crippen molar-refractivity contribution < 1.29 is 4.39 Å². The van der Waals surface area contributed by atoms with E-state index in [-0.39, 0.29) is 11.4 Å². The lowest BCUT2D eigenvalue weighted by molar-refractivity contribution is 0.253. The second kappa shape index (κ2) is 5.49. The Hall–Kier alpha value is -1.09. The fraction of sp³-hybridized carbons (Fsp3) is 0.625. The summed E-state index contributed by atoms with van der Waals surface area (Å²) in [6.45, 7) is 10.4. The molecule has 1 fully saturated rings. The summed E-state index contributed by atoms with van der Waals surface area (Å²) >= 11 is 0. The van der Waals surface area contributed by atoms with Crippen LogP contribution in [0.25, 0.3) is 0 Å². The second-order valence-electron chi connectivity index (χ2n) is 5.73. The predicted molar refractivity (Wildman–Crippen MR) is 79.3 cm³/mol. The number of rotatable bonds is 3. The first-order valence-corrected chi connectivity index (χ1v) is 7.30. The predicted octanol–water partition coefficient (Wildman–Crippen LogP) is 3.49. The summed E-state index contributed by atoms with van der Waals surface area (Å²) in [5.74, 6) is -0.109. The molecule has 1 aromatic rings. The third-order valence-electron chi connectivity index (χ3n) is 4.68. The topological polar surface area (TPSA) is 15.3 Å². The summed E-state index contributed by atoms with van der Waals surface area (Å²) in [5, 5.41) is 3.68. The van der Waals surface area contributed by atoms with Crippen LogP contribution in [0.5, 0.6) is 0 Å². The number of hydrogen-bond acceptors (Lipinski definition) is 2. The van der Waals surface area contributed by atoms with Gasteiger partial charge in [-0.3, -0.25) is 0 Å². The lowest BCUT2D eigenvalue weighted by Crippen LogP contribution is -2.63. The molecule has 0 bridgehead atoms. The van der Waals surface area contributed by atoms with Gasteiger partial charge in [0.25, 0.3) is 0 Å². The van der Waals surface area contributed by atoms with Crippen molar-refractivity contribution in [2.75, 3.05) is 18.0 Å². The maximum atomic E-state index is 13.8. The highest BCUT2D eigenvalue weighted by Crippen LogP contribution is 2.30. The lowest BCUT2D eigenvalue weighted by Gasteiger charge is -2.48.